The average molecular weight is 455 g/mol. The lowest BCUT2D eigenvalue weighted by Crippen LogP contribution is -2.59. The largest absolute Gasteiger partial charge is 0.393 e. The molecule has 0 aromatic carbocycles. The van der Waals surface area contributed by atoms with Crippen LogP contribution in [0.2, 0.25) is 0 Å². The molecular formula is C28H42N2O3. The molecule has 2 atom stereocenters. The number of aliphatic hydroxyl groups is 1. The zero-order valence-electron chi connectivity index (χ0n) is 20.1. The molecule has 182 valence electrons. The van der Waals surface area contributed by atoms with Crippen LogP contribution in [0.15, 0.2) is 0 Å². The number of carbonyl (C=O) groups is 2. The minimum absolute atomic E-state index is 0.0177. The molecule has 2 amide bonds. The summed E-state index contributed by atoms with van der Waals surface area (Å²) >= 11 is 0. The van der Waals surface area contributed by atoms with Crippen molar-refractivity contribution in [2.24, 2.45) is 46.3 Å². The monoisotopic (exact) mass is 454 g/mol. The standard InChI is InChI=1S/C28H42N2O3/c31-24-8-22(29-25(32)27-10-16-1-17(11-27)3-18(2-16)12-27)7-23(9-24)30-26(33)28-13-19-4-20(14-28)6-21(5-19)15-28/h16-24,31H,1-15H2,(H,29,32)(H,30,33). The van der Waals surface area contributed by atoms with E-state index in [9.17, 15) is 14.7 Å². The summed E-state index contributed by atoms with van der Waals surface area (Å²) in [5.41, 5.74) is -0.288. The molecule has 0 aromatic rings. The van der Waals surface area contributed by atoms with E-state index in [1.165, 1.54) is 38.5 Å². The van der Waals surface area contributed by atoms with Crippen molar-refractivity contribution < 1.29 is 14.7 Å². The Kier molecular flexibility index (Phi) is 4.79. The van der Waals surface area contributed by atoms with E-state index in [1.807, 2.05) is 0 Å². The van der Waals surface area contributed by atoms with Crippen molar-refractivity contribution in [2.75, 3.05) is 0 Å². The molecule has 33 heavy (non-hydrogen) atoms. The summed E-state index contributed by atoms with van der Waals surface area (Å²) in [6.07, 6.45) is 16.1. The van der Waals surface area contributed by atoms with Crippen LogP contribution >= 0.6 is 0 Å². The molecule has 9 saturated carbocycles. The van der Waals surface area contributed by atoms with E-state index < -0.39 is 6.10 Å². The average Bonchev–Trinajstić information content (AvgIpc) is 2.71. The summed E-state index contributed by atoms with van der Waals surface area (Å²) in [6.45, 7) is 0. The van der Waals surface area contributed by atoms with E-state index in [0.717, 1.165) is 80.5 Å². The van der Waals surface area contributed by atoms with Crippen LogP contribution < -0.4 is 10.6 Å². The van der Waals surface area contributed by atoms with Gasteiger partial charge in [0.05, 0.1) is 6.10 Å². The Morgan fingerprint density at radius 3 is 1.12 bits per heavy atom. The van der Waals surface area contributed by atoms with E-state index >= 15 is 0 Å². The van der Waals surface area contributed by atoms with E-state index in [0.29, 0.717) is 12.8 Å². The molecule has 5 heteroatoms. The molecule has 0 heterocycles. The Morgan fingerprint density at radius 2 is 0.818 bits per heavy atom. The number of rotatable bonds is 4. The molecule has 0 saturated heterocycles. The molecule has 0 aliphatic heterocycles. The van der Waals surface area contributed by atoms with E-state index in [4.69, 9.17) is 0 Å². The lowest BCUT2D eigenvalue weighted by Gasteiger charge is -2.56. The highest BCUT2D eigenvalue weighted by atomic mass is 16.3. The first-order valence-electron chi connectivity index (χ1n) is 14.2. The number of hydrogen-bond acceptors (Lipinski definition) is 3. The van der Waals surface area contributed by atoms with Gasteiger partial charge in [0.2, 0.25) is 11.8 Å². The fourth-order valence-electron chi connectivity index (χ4n) is 11.0. The van der Waals surface area contributed by atoms with Crippen LogP contribution in [-0.4, -0.2) is 35.1 Å². The van der Waals surface area contributed by atoms with Gasteiger partial charge in [-0.25, -0.2) is 0 Å². The second-order valence-electron chi connectivity index (χ2n) is 14.1. The van der Waals surface area contributed by atoms with Crippen LogP contribution in [0, 0.1) is 46.3 Å². The molecule has 0 aromatic heterocycles. The van der Waals surface area contributed by atoms with Crippen molar-refractivity contribution in [3.8, 4) is 0 Å². The van der Waals surface area contributed by atoms with Crippen LogP contribution in [0.5, 0.6) is 0 Å². The van der Waals surface area contributed by atoms with Crippen molar-refractivity contribution in [1.82, 2.24) is 10.6 Å². The zero-order chi connectivity index (χ0) is 22.4. The van der Waals surface area contributed by atoms with Gasteiger partial charge >= 0.3 is 0 Å². The van der Waals surface area contributed by atoms with Crippen molar-refractivity contribution in [2.45, 2.75) is 114 Å². The number of nitrogens with one attached hydrogen (secondary N) is 2. The first kappa shape index (κ1) is 21.2. The summed E-state index contributed by atoms with van der Waals surface area (Å²) in [5, 5.41) is 17.4. The minimum atomic E-state index is -0.443. The highest BCUT2D eigenvalue weighted by molar-refractivity contribution is 5.84. The Bertz CT molecular complexity index is 700. The molecule has 0 radical (unpaired) electrons. The van der Waals surface area contributed by atoms with Crippen molar-refractivity contribution in [3.63, 3.8) is 0 Å². The molecular weight excluding hydrogens is 412 g/mol. The van der Waals surface area contributed by atoms with Crippen LogP contribution in [-0.2, 0) is 9.59 Å². The van der Waals surface area contributed by atoms with Crippen molar-refractivity contribution in [3.05, 3.63) is 0 Å². The van der Waals surface area contributed by atoms with Gasteiger partial charge in [0.1, 0.15) is 0 Å². The number of amides is 2. The molecule has 5 nitrogen and oxygen atoms in total. The van der Waals surface area contributed by atoms with Crippen LogP contribution in [0.1, 0.15) is 96.3 Å². The second-order valence-corrected chi connectivity index (χ2v) is 14.1. The van der Waals surface area contributed by atoms with E-state index in [-0.39, 0.29) is 34.7 Å². The Labute approximate surface area is 198 Å². The van der Waals surface area contributed by atoms with Gasteiger partial charge in [-0.15, -0.1) is 0 Å². The van der Waals surface area contributed by atoms with E-state index in [2.05, 4.69) is 10.6 Å². The predicted molar refractivity (Wildman–Crippen MR) is 125 cm³/mol. The molecule has 9 fully saturated rings. The third-order valence-electron chi connectivity index (χ3n) is 11.4. The number of hydrogen-bond donors (Lipinski definition) is 3. The molecule has 2 unspecified atom stereocenters. The topological polar surface area (TPSA) is 78.4 Å². The highest BCUT2D eigenvalue weighted by Crippen LogP contribution is 2.61. The number of aliphatic hydroxyl groups excluding tert-OH is 1. The molecule has 8 bridgehead atoms. The van der Waals surface area contributed by atoms with Gasteiger partial charge in [0.25, 0.3) is 0 Å². The maximum atomic E-state index is 13.5. The first-order chi connectivity index (χ1) is 15.9. The van der Waals surface area contributed by atoms with Gasteiger partial charge in [-0.05, 0) is 132 Å². The fourth-order valence-corrected chi connectivity index (χ4v) is 11.0. The van der Waals surface area contributed by atoms with Gasteiger partial charge in [-0.1, -0.05) is 0 Å². The second kappa shape index (κ2) is 7.45. The summed E-state index contributed by atoms with van der Waals surface area (Å²) in [4.78, 5) is 27.1. The minimum Gasteiger partial charge on any atom is -0.393 e. The van der Waals surface area contributed by atoms with Gasteiger partial charge in [-0.3, -0.25) is 9.59 Å². The summed E-state index contributed by atoms with van der Waals surface area (Å²) in [5.74, 6) is 5.05. The van der Waals surface area contributed by atoms with Crippen molar-refractivity contribution >= 4 is 11.8 Å². The normalized spacial score (nSPS) is 53.8. The molecule has 9 aliphatic carbocycles. The zero-order valence-corrected chi connectivity index (χ0v) is 20.1. The summed E-state index contributed by atoms with van der Waals surface area (Å²) < 4.78 is 0. The molecule has 9 aliphatic rings. The van der Waals surface area contributed by atoms with Crippen molar-refractivity contribution in [1.29, 1.82) is 0 Å². The summed E-state index contributed by atoms with van der Waals surface area (Å²) in [7, 11) is 0. The highest BCUT2D eigenvalue weighted by Gasteiger charge is 2.56. The maximum absolute atomic E-state index is 13.5. The maximum Gasteiger partial charge on any atom is 0.226 e. The number of carbonyl (C=O) groups excluding carboxylic acids is 2. The third-order valence-corrected chi connectivity index (χ3v) is 11.4. The SMILES string of the molecule is O=C(NC1CC(O)CC(NC(=O)C23CC4CC(CC(C4)C2)C3)C1)C12CC3CC(CC(C3)C1)C2. The lowest BCUT2D eigenvalue weighted by molar-refractivity contribution is -0.148. The lowest BCUT2D eigenvalue weighted by atomic mass is 9.49. The smallest absolute Gasteiger partial charge is 0.226 e. The van der Waals surface area contributed by atoms with Crippen LogP contribution in [0.3, 0.4) is 0 Å². The van der Waals surface area contributed by atoms with Gasteiger partial charge < -0.3 is 15.7 Å². The van der Waals surface area contributed by atoms with Gasteiger partial charge in [0.15, 0.2) is 0 Å². The van der Waals surface area contributed by atoms with Crippen LogP contribution in [0.4, 0.5) is 0 Å². The molecule has 0 spiro atoms. The van der Waals surface area contributed by atoms with Gasteiger partial charge in [-0.2, -0.15) is 0 Å². The fraction of sp³-hybridized carbons (Fsp3) is 0.929. The predicted octanol–water partition coefficient (Wildman–Crippen LogP) is 3.93. The summed E-state index contributed by atoms with van der Waals surface area (Å²) in [6, 6.07) is -0.0353. The van der Waals surface area contributed by atoms with E-state index in [1.54, 1.807) is 0 Å². The quantitative estimate of drug-likeness (QED) is 0.602. The Morgan fingerprint density at radius 1 is 0.515 bits per heavy atom. The molecule has 9 rings (SSSR count). The first-order valence-corrected chi connectivity index (χ1v) is 14.2. The molecule has 3 N–H and O–H groups in total. The Hall–Kier alpha value is -1.10. The Balaban J connectivity index is 1.01. The van der Waals surface area contributed by atoms with Gasteiger partial charge in [0, 0.05) is 22.9 Å². The van der Waals surface area contributed by atoms with Crippen LogP contribution in [0.25, 0.3) is 0 Å². The third kappa shape index (κ3) is 3.58.